The Bertz CT molecular complexity index is 968. The van der Waals surface area contributed by atoms with E-state index < -0.39 is 41.2 Å². The molecule has 0 spiro atoms. The number of nitrogens with zero attached hydrogens (tertiary/aromatic N) is 1. The maximum atomic E-state index is 13.5. The van der Waals surface area contributed by atoms with Gasteiger partial charge < -0.3 is 15.4 Å². The average Bonchev–Trinajstić information content (AvgIpc) is 2.67. The number of hydrogen-bond acceptors (Lipinski definition) is 6. The second-order valence-corrected chi connectivity index (χ2v) is 6.11. The number of nitrogens with one attached hydrogen (secondary N) is 2. The van der Waals surface area contributed by atoms with E-state index in [-0.39, 0.29) is 22.0 Å². The highest BCUT2D eigenvalue weighted by atomic mass is 35.5. The van der Waals surface area contributed by atoms with E-state index in [2.05, 4.69) is 10.6 Å². The third-order valence-corrected chi connectivity index (χ3v) is 3.92. The van der Waals surface area contributed by atoms with Gasteiger partial charge in [0.1, 0.15) is 12.4 Å². The Hall–Kier alpha value is -3.53. The number of rotatable bonds is 7. The fourth-order valence-corrected chi connectivity index (χ4v) is 2.36. The summed E-state index contributed by atoms with van der Waals surface area (Å²) < 4.78 is 18.4. The van der Waals surface area contributed by atoms with Crippen LogP contribution >= 0.6 is 11.6 Å². The van der Waals surface area contributed by atoms with Crippen molar-refractivity contribution in [2.24, 2.45) is 0 Å². The minimum atomic E-state index is -1.25. The monoisotopic (exact) mass is 423 g/mol. The van der Waals surface area contributed by atoms with E-state index in [1.165, 1.54) is 31.2 Å². The van der Waals surface area contributed by atoms with E-state index in [1.54, 1.807) is 0 Å². The van der Waals surface area contributed by atoms with Gasteiger partial charge in [-0.05, 0) is 25.1 Å². The highest BCUT2D eigenvalue weighted by molar-refractivity contribution is 6.34. The molecule has 2 N–H and O–H groups in total. The molecule has 0 saturated heterocycles. The number of hydrogen-bond donors (Lipinski definition) is 2. The summed E-state index contributed by atoms with van der Waals surface area (Å²) in [6, 6.07) is 8.68. The molecule has 29 heavy (non-hydrogen) atoms. The summed E-state index contributed by atoms with van der Waals surface area (Å²) in [6.07, 6.45) is -1.25. The zero-order valence-corrected chi connectivity index (χ0v) is 15.7. The minimum Gasteiger partial charge on any atom is -0.451 e. The Kier molecular flexibility index (Phi) is 7.21. The zero-order chi connectivity index (χ0) is 21.6. The lowest BCUT2D eigenvalue weighted by Gasteiger charge is -2.14. The van der Waals surface area contributed by atoms with Crippen molar-refractivity contribution in [1.82, 2.24) is 5.32 Å². The van der Waals surface area contributed by atoms with Gasteiger partial charge in [-0.15, -0.1) is 0 Å². The molecule has 0 aliphatic heterocycles. The molecule has 9 nitrogen and oxygen atoms in total. The van der Waals surface area contributed by atoms with Gasteiger partial charge in [-0.1, -0.05) is 23.7 Å². The van der Waals surface area contributed by atoms with Crippen LogP contribution in [-0.4, -0.2) is 35.4 Å². The first kappa shape index (κ1) is 21.8. The molecule has 2 rings (SSSR count). The van der Waals surface area contributed by atoms with Crippen molar-refractivity contribution in [1.29, 1.82) is 0 Å². The largest absolute Gasteiger partial charge is 0.451 e. The van der Waals surface area contributed by atoms with Crippen LogP contribution in [0.3, 0.4) is 0 Å². The summed E-state index contributed by atoms with van der Waals surface area (Å²) in [4.78, 5) is 45.8. The molecule has 152 valence electrons. The lowest BCUT2D eigenvalue weighted by molar-refractivity contribution is -0.384. The van der Waals surface area contributed by atoms with Crippen LogP contribution < -0.4 is 10.6 Å². The molecule has 0 unspecified atom stereocenters. The van der Waals surface area contributed by atoms with E-state index in [4.69, 9.17) is 16.3 Å². The average molecular weight is 424 g/mol. The molecular formula is C18H15ClFN3O6. The van der Waals surface area contributed by atoms with Crippen molar-refractivity contribution in [2.75, 3.05) is 11.9 Å². The summed E-state index contributed by atoms with van der Waals surface area (Å²) in [5, 5.41) is 15.2. The predicted molar refractivity (Wildman–Crippen MR) is 101 cm³/mol. The van der Waals surface area contributed by atoms with Crippen LogP contribution in [0.4, 0.5) is 15.8 Å². The zero-order valence-electron chi connectivity index (χ0n) is 15.0. The van der Waals surface area contributed by atoms with Crippen molar-refractivity contribution in [3.8, 4) is 0 Å². The van der Waals surface area contributed by atoms with Gasteiger partial charge in [-0.2, -0.15) is 0 Å². The van der Waals surface area contributed by atoms with Crippen molar-refractivity contribution in [2.45, 2.75) is 13.0 Å². The number of ether oxygens (including phenoxy) is 1. The number of carbonyl (C=O) groups is 3. The third kappa shape index (κ3) is 5.98. The first-order valence-electron chi connectivity index (χ1n) is 8.16. The molecule has 2 aromatic carbocycles. The SMILES string of the molecule is C[C@H](OC(=O)CNC(=O)c1ccccc1F)C(=O)Nc1ccc([N+](=O)[O-])cc1Cl. The highest BCUT2D eigenvalue weighted by Crippen LogP contribution is 2.26. The molecule has 2 aromatic rings. The topological polar surface area (TPSA) is 128 Å². The first-order valence-corrected chi connectivity index (χ1v) is 8.54. The molecule has 0 radical (unpaired) electrons. The quantitative estimate of drug-likeness (QED) is 0.400. The molecule has 2 amide bonds. The van der Waals surface area contributed by atoms with Gasteiger partial charge in [0.05, 0.1) is 21.2 Å². The van der Waals surface area contributed by atoms with Gasteiger partial charge in [0.15, 0.2) is 6.10 Å². The predicted octanol–water partition coefficient (Wildman–Crippen LogP) is 2.69. The van der Waals surface area contributed by atoms with Crippen LogP contribution in [0.1, 0.15) is 17.3 Å². The Morgan fingerprint density at radius 2 is 1.93 bits per heavy atom. The van der Waals surface area contributed by atoms with Gasteiger partial charge in [0.25, 0.3) is 17.5 Å². The van der Waals surface area contributed by atoms with E-state index in [0.29, 0.717) is 0 Å². The number of esters is 1. The molecule has 0 bridgehead atoms. The van der Waals surface area contributed by atoms with Crippen LogP contribution in [0.5, 0.6) is 0 Å². The fraction of sp³-hybridized carbons (Fsp3) is 0.167. The highest BCUT2D eigenvalue weighted by Gasteiger charge is 2.20. The van der Waals surface area contributed by atoms with Crippen molar-refractivity contribution >= 4 is 40.8 Å². The summed E-state index contributed by atoms with van der Waals surface area (Å²) >= 11 is 5.88. The van der Waals surface area contributed by atoms with Crippen LogP contribution in [0.15, 0.2) is 42.5 Å². The van der Waals surface area contributed by atoms with Crippen LogP contribution in [0, 0.1) is 15.9 Å². The minimum absolute atomic E-state index is 0.0665. The Morgan fingerprint density at radius 3 is 2.55 bits per heavy atom. The van der Waals surface area contributed by atoms with E-state index >= 15 is 0 Å². The summed E-state index contributed by atoms with van der Waals surface area (Å²) in [7, 11) is 0. The molecule has 11 heteroatoms. The number of nitro benzene ring substituents is 1. The summed E-state index contributed by atoms with van der Waals surface area (Å²) in [5.74, 6) is -3.22. The Morgan fingerprint density at radius 1 is 1.24 bits per heavy atom. The van der Waals surface area contributed by atoms with Crippen molar-refractivity contribution in [3.63, 3.8) is 0 Å². The second-order valence-electron chi connectivity index (χ2n) is 5.71. The van der Waals surface area contributed by atoms with Crippen LogP contribution in [0.2, 0.25) is 5.02 Å². The number of anilines is 1. The Balaban J connectivity index is 1.87. The van der Waals surface area contributed by atoms with Crippen LogP contribution in [0.25, 0.3) is 0 Å². The third-order valence-electron chi connectivity index (χ3n) is 3.61. The number of halogens is 2. The molecule has 0 aromatic heterocycles. The van der Waals surface area contributed by atoms with Gasteiger partial charge >= 0.3 is 5.97 Å². The standard InChI is InChI=1S/C18H15ClFN3O6/c1-10(17(25)22-15-7-6-11(23(27)28)8-13(15)19)29-16(24)9-21-18(26)12-4-2-3-5-14(12)20/h2-8,10H,9H2,1H3,(H,21,26)(H,22,25)/t10-/m0/s1. The maximum absolute atomic E-state index is 13.5. The lowest BCUT2D eigenvalue weighted by Crippen LogP contribution is -2.36. The van der Waals surface area contributed by atoms with Crippen molar-refractivity contribution < 1.29 is 28.4 Å². The smallest absolute Gasteiger partial charge is 0.326 e. The van der Waals surface area contributed by atoms with Gasteiger partial charge in [0.2, 0.25) is 0 Å². The summed E-state index contributed by atoms with van der Waals surface area (Å²) in [5.41, 5.74) is -0.394. The fourth-order valence-electron chi connectivity index (χ4n) is 2.14. The van der Waals surface area contributed by atoms with E-state index in [1.807, 2.05) is 0 Å². The molecule has 0 heterocycles. The first-order chi connectivity index (χ1) is 13.7. The molecular weight excluding hydrogens is 409 g/mol. The normalized spacial score (nSPS) is 11.3. The lowest BCUT2D eigenvalue weighted by atomic mass is 10.2. The number of benzene rings is 2. The van der Waals surface area contributed by atoms with Gasteiger partial charge in [-0.25, -0.2) is 4.39 Å². The van der Waals surface area contributed by atoms with E-state index in [9.17, 15) is 28.9 Å². The summed E-state index contributed by atoms with van der Waals surface area (Å²) in [6.45, 7) is 0.703. The molecule has 0 aliphatic rings. The number of nitro groups is 1. The maximum Gasteiger partial charge on any atom is 0.326 e. The Labute approximate surface area is 168 Å². The second kappa shape index (κ2) is 9.60. The van der Waals surface area contributed by atoms with Crippen LogP contribution in [-0.2, 0) is 14.3 Å². The number of amides is 2. The molecule has 0 fully saturated rings. The number of non-ortho nitro benzene ring substituents is 1. The van der Waals surface area contributed by atoms with Crippen molar-refractivity contribution in [3.05, 3.63) is 69.0 Å². The molecule has 0 aliphatic carbocycles. The molecule has 1 atom stereocenters. The van der Waals surface area contributed by atoms with Gasteiger partial charge in [0, 0.05) is 12.1 Å². The number of carbonyl (C=O) groups excluding carboxylic acids is 3. The van der Waals surface area contributed by atoms with Gasteiger partial charge in [-0.3, -0.25) is 24.5 Å². The van der Waals surface area contributed by atoms with E-state index in [0.717, 1.165) is 18.2 Å². The molecule has 0 saturated carbocycles.